The second kappa shape index (κ2) is 8.11. The highest BCUT2D eigenvalue weighted by Gasteiger charge is 2.30. The van der Waals surface area contributed by atoms with Gasteiger partial charge in [-0.1, -0.05) is 23.5 Å². The fourth-order valence-corrected chi connectivity index (χ4v) is 3.95. The predicted molar refractivity (Wildman–Crippen MR) is 100 cm³/mol. The number of rotatable bonds is 4. The summed E-state index contributed by atoms with van der Waals surface area (Å²) in [5.74, 6) is -0.717. The maximum atomic E-state index is 13.0. The molecule has 0 N–H and O–H groups in total. The van der Waals surface area contributed by atoms with E-state index in [1.165, 1.54) is 35.1 Å². The Morgan fingerprint density at radius 1 is 1.21 bits per heavy atom. The van der Waals surface area contributed by atoms with Crippen LogP contribution in [0.15, 0.2) is 57.6 Å². The van der Waals surface area contributed by atoms with Crippen LogP contribution >= 0.6 is 22.7 Å². The zero-order chi connectivity index (χ0) is 20.3. The second-order valence-corrected chi connectivity index (χ2v) is 7.59. The Labute approximate surface area is 165 Å². The Morgan fingerprint density at radius 2 is 2.00 bits per heavy atom. The first-order chi connectivity index (χ1) is 13.3. The van der Waals surface area contributed by atoms with Gasteiger partial charge in [-0.05, 0) is 29.6 Å². The van der Waals surface area contributed by atoms with Crippen molar-refractivity contribution in [3.8, 4) is 0 Å². The lowest BCUT2D eigenvalue weighted by Gasteiger charge is -2.08. The minimum absolute atomic E-state index is 0.0145. The van der Waals surface area contributed by atoms with Crippen LogP contribution in [0.1, 0.15) is 20.1 Å². The molecule has 10 heteroatoms. The number of nitrogens with zero attached hydrogens (tertiary/aromatic N) is 2. The summed E-state index contributed by atoms with van der Waals surface area (Å²) >= 11 is 2.30. The van der Waals surface area contributed by atoms with E-state index in [4.69, 9.17) is 0 Å². The molecule has 3 rings (SSSR count). The monoisotopic (exact) mass is 426 g/mol. The first-order valence-electron chi connectivity index (χ1n) is 7.85. The number of halogens is 3. The van der Waals surface area contributed by atoms with Crippen molar-refractivity contribution in [2.45, 2.75) is 12.7 Å². The van der Waals surface area contributed by atoms with Gasteiger partial charge in [0.1, 0.15) is 4.88 Å². The van der Waals surface area contributed by atoms with Gasteiger partial charge in [0.15, 0.2) is 4.80 Å². The molecule has 146 valence electrons. The number of hydrogen-bond donors (Lipinski definition) is 0. The average Bonchev–Trinajstić information content (AvgIpc) is 3.16. The maximum Gasteiger partial charge on any atom is 0.416 e. The van der Waals surface area contributed by atoms with E-state index < -0.39 is 23.3 Å². The molecule has 0 radical (unpaired) electrons. The molecule has 0 atom stereocenters. The molecule has 0 aliphatic heterocycles. The lowest BCUT2D eigenvalue weighted by Crippen LogP contribution is -2.32. The van der Waals surface area contributed by atoms with Crippen LogP contribution in [-0.4, -0.2) is 17.6 Å². The van der Waals surface area contributed by atoms with E-state index in [1.54, 1.807) is 0 Å². The van der Waals surface area contributed by atoms with Crippen LogP contribution in [0.5, 0.6) is 0 Å². The first kappa shape index (κ1) is 20.0. The number of esters is 1. The largest absolute Gasteiger partial charge is 0.465 e. The van der Waals surface area contributed by atoms with Gasteiger partial charge in [0.25, 0.3) is 5.56 Å². The summed E-state index contributed by atoms with van der Waals surface area (Å²) in [5.41, 5.74) is -1.33. The van der Waals surface area contributed by atoms with Gasteiger partial charge < -0.3 is 4.74 Å². The zero-order valence-electron chi connectivity index (χ0n) is 14.4. The van der Waals surface area contributed by atoms with Crippen LogP contribution in [0.3, 0.4) is 0 Å². The molecule has 5 nitrogen and oxygen atoms in total. The number of ether oxygens (including phenoxy) is 1. The number of aromatic nitrogens is 1. The van der Waals surface area contributed by atoms with E-state index in [2.05, 4.69) is 9.73 Å². The molecule has 0 aliphatic carbocycles. The highest BCUT2D eigenvalue weighted by atomic mass is 32.1. The number of methoxy groups -OCH3 is 1. The number of carbonyl (C=O) groups is 1. The standard InChI is InChI=1S/C18H13F3N2O3S2/c1-26-16(25)14-9-15(24)23(10-13-6-3-7-27-13)17(28-14)22-12-5-2-4-11(8-12)18(19,20)21/h2-9H,10H2,1H3. The molecule has 1 aromatic carbocycles. The van der Waals surface area contributed by atoms with Crippen molar-refractivity contribution in [3.05, 3.63) is 78.3 Å². The summed E-state index contributed by atoms with van der Waals surface area (Å²) in [5, 5.41) is 1.84. The van der Waals surface area contributed by atoms with Crippen molar-refractivity contribution in [2.24, 2.45) is 4.99 Å². The van der Waals surface area contributed by atoms with E-state index >= 15 is 0 Å². The van der Waals surface area contributed by atoms with Crippen molar-refractivity contribution in [1.82, 2.24) is 4.57 Å². The van der Waals surface area contributed by atoms with Gasteiger partial charge in [-0.25, -0.2) is 9.79 Å². The molecule has 2 aromatic heterocycles. The highest BCUT2D eigenvalue weighted by molar-refractivity contribution is 7.11. The number of carbonyl (C=O) groups excluding carboxylic acids is 1. The van der Waals surface area contributed by atoms with Crippen molar-refractivity contribution < 1.29 is 22.7 Å². The average molecular weight is 426 g/mol. The van der Waals surface area contributed by atoms with E-state index in [0.29, 0.717) is 0 Å². The molecule has 0 amide bonds. The van der Waals surface area contributed by atoms with Gasteiger partial charge in [-0.3, -0.25) is 9.36 Å². The van der Waals surface area contributed by atoms with Crippen LogP contribution in [0.4, 0.5) is 18.9 Å². The SMILES string of the molecule is COC(=O)c1cc(=O)n(Cc2cccs2)c(=Nc2cccc(C(F)(F)F)c2)s1. The zero-order valence-corrected chi connectivity index (χ0v) is 16.0. The summed E-state index contributed by atoms with van der Waals surface area (Å²) in [7, 11) is 1.18. The van der Waals surface area contributed by atoms with E-state index in [0.717, 1.165) is 34.4 Å². The molecular formula is C18H13F3N2O3S2. The minimum Gasteiger partial charge on any atom is -0.465 e. The number of thiophene rings is 1. The van der Waals surface area contributed by atoms with Crippen LogP contribution in [0, 0.1) is 0 Å². The van der Waals surface area contributed by atoms with Crippen molar-refractivity contribution >= 4 is 34.3 Å². The molecule has 0 unspecified atom stereocenters. The van der Waals surface area contributed by atoms with Crippen LogP contribution in [0.2, 0.25) is 0 Å². The molecule has 0 aliphatic rings. The van der Waals surface area contributed by atoms with Gasteiger partial charge in [-0.15, -0.1) is 11.3 Å². The lowest BCUT2D eigenvalue weighted by atomic mass is 10.2. The topological polar surface area (TPSA) is 60.7 Å². The molecule has 0 bridgehead atoms. The summed E-state index contributed by atoms with van der Waals surface area (Å²) in [4.78, 5) is 29.6. The normalized spacial score (nSPS) is 12.2. The maximum absolute atomic E-state index is 13.0. The van der Waals surface area contributed by atoms with E-state index in [-0.39, 0.29) is 21.9 Å². The number of benzene rings is 1. The second-order valence-electron chi connectivity index (χ2n) is 5.55. The Bertz CT molecular complexity index is 1120. The Kier molecular flexibility index (Phi) is 5.80. The van der Waals surface area contributed by atoms with E-state index in [9.17, 15) is 22.8 Å². The Morgan fingerprint density at radius 3 is 2.64 bits per heavy atom. The Hall–Kier alpha value is -2.72. The molecule has 0 saturated heterocycles. The third-order valence-electron chi connectivity index (χ3n) is 3.63. The lowest BCUT2D eigenvalue weighted by molar-refractivity contribution is -0.137. The van der Waals surface area contributed by atoms with Crippen molar-refractivity contribution in [3.63, 3.8) is 0 Å². The Balaban J connectivity index is 2.19. The van der Waals surface area contributed by atoms with Gasteiger partial charge in [-0.2, -0.15) is 13.2 Å². The van der Waals surface area contributed by atoms with Gasteiger partial charge >= 0.3 is 12.1 Å². The number of alkyl halides is 3. The van der Waals surface area contributed by atoms with Gasteiger partial charge in [0.2, 0.25) is 0 Å². The van der Waals surface area contributed by atoms with Crippen LogP contribution < -0.4 is 10.4 Å². The third-order valence-corrected chi connectivity index (χ3v) is 5.49. The first-order valence-corrected chi connectivity index (χ1v) is 9.55. The minimum atomic E-state index is -4.51. The van der Waals surface area contributed by atoms with Crippen molar-refractivity contribution in [2.75, 3.05) is 7.11 Å². The van der Waals surface area contributed by atoms with Crippen molar-refractivity contribution in [1.29, 1.82) is 0 Å². The summed E-state index contributed by atoms with van der Waals surface area (Å²) in [6.45, 7) is 0.187. The van der Waals surface area contributed by atoms with Gasteiger partial charge in [0, 0.05) is 10.9 Å². The molecule has 2 heterocycles. The third kappa shape index (κ3) is 4.57. The molecular weight excluding hydrogens is 413 g/mol. The fraction of sp³-hybridized carbons (Fsp3) is 0.167. The molecule has 0 spiro atoms. The summed E-state index contributed by atoms with van der Waals surface area (Å²) < 4.78 is 44.8. The van der Waals surface area contributed by atoms with Crippen LogP contribution in [0.25, 0.3) is 0 Å². The van der Waals surface area contributed by atoms with Crippen LogP contribution in [-0.2, 0) is 17.5 Å². The molecule has 0 saturated carbocycles. The summed E-state index contributed by atoms with van der Waals surface area (Å²) in [6, 6.07) is 9.23. The predicted octanol–water partition coefficient (Wildman–Crippen LogP) is 4.06. The molecule has 3 aromatic rings. The quantitative estimate of drug-likeness (QED) is 0.591. The molecule has 0 fully saturated rings. The molecule has 28 heavy (non-hydrogen) atoms. The van der Waals surface area contributed by atoms with Gasteiger partial charge in [0.05, 0.1) is 24.9 Å². The summed E-state index contributed by atoms with van der Waals surface area (Å²) in [6.07, 6.45) is -4.51. The number of hydrogen-bond acceptors (Lipinski definition) is 6. The highest BCUT2D eigenvalue weighted by Crippen LogP contribution is 2.31. The van der Waals surface area contributed by atoms with E-state index in [1.807, 2.05) is 17.5 Å². The fourth-order valence-electron chi connectivity index (χ4n) is 2.32. The smallest absolute Gasteiger partial charge is 0.416 e.